The molecule has 0 saturated carbocycles. The van der Waals surface area contributed by atoms with Crippen LogP contribution in [0.25, 0.3) is 10.2 Å². The molecule has 0 saturated heterocycles. The SMILES string of the molecule is O=C(c1ccncc1)c1nc(C(F)(F)F)nc2ccsc12. The lowest BCUT2D eigenvalue weighted by Gasteiger charge is -2.07. The monoisotopic (exact) mass is 309 g/mol. The van der Waals surface area contributed by atoms with E-state index in [1.54, 1.807) is 5.38 Å². The molecule has 4 nitrogen and oxygen atoms in total. The maximum atomic E-state index is 12.8. The van der Waals surface area contributed by atoms with E-state index in [0.29, 0.717) is 4.70 Å². The lowest BCUT2D eigenvalue weighted by Crippen LogP contribution is -2.15. The standard InChI is InChI=1S/C13H6F3N3OS/c14-13(15,16)12-18-8-3-6-21-11(8)9(19-12)10(20)7-1-4-17-5-2-7/h1-6H. The third kappa shape index (κ3) is 2.49. The zero-order chi connectivity index (χ0) is 15.0. The molecule has 3 aromatic heterocycles. The molecule has 0 unspecified atom stereocenters. The lowest BCUT2D eigenvalue weighted by atomic mass is 10.1. The summed E-state index contributed by atoms with van der Waals surface area (Å²) in [6.45, 7) is 0. The lowest BCUT2D eigenvalue weighted by molar-refractivity contribution is -0.144. The van der Waals surface area contributed by atoms with Crippen molar-refractivity contribution in [2.24, 2.45) is 0 Å². The predicted molar refractivity (Wildman–Crippen MR) is 70.1 cm³/mol. The van der Waals surface area contributed by atoms with Gasteiger partial charge in [-0.15, -0.1) is 11.3 Å². The van der Waals surface area contributed by atoms with Crippen LogP contribution in [0.4, 0.5) is 13.2 Å². The van der Waals surface area contributed by atoms with Crippen LogP contribution >= 0.6 is 11.3 Å². The van der Waals surface area contributed by atoms with Crippen molar-refractivity contribution in [1.82, 2.24) is 15.0 Å². The average molecular weight is 309 g/mol. The average Bonchev–Trinajstić information content (AvgIpc) is 2.94. The summed E-state index contributed by atoms with van der Waals surface area (Å²) < 4.78 is 38.8. The normalized spacial score (nSPS) is 11.8. The Hall–Kier alpha value is -2.35. The van der Waals surface area contributed by atoms with E-state index in [1.807, 2.05) is 0 Å². The maximum absolute atomic E-state index is 12.8. The van der Waals surface area contributed by atoms with Crippen LogP contribution in [0.15, 0.2) is 36.0 Å². The van der Waals surface area contributed by atoms with E-state index in [4.69, 9.17) is 0 Å². The Morgan fingerprint density at radius 2 is 1.81 bits per heavy atom. The molecule has 3 aromatic rings. The molecule has 0 bridgehead atoms. The minimum Gasteiger partial charge on any atom is -0.287 e. The summed E-state index contributed by atoms with van der Waals surface area (Å²) in [6.07, 6.45) is -1.92. The van der Waals surface area contributed by atoms with E-state index in [1.165, 1.54) is 30.6 Å². The second-order valence-electron chi connectivity index (χ2n) is 4.09. The first-order valence-corrected chi connectivity index (χ1v) is 6.62. The number of thiophene rings is 1. The fourth-order valence-corrected chi connectivity index (χ4v) is 2.60. The molecule has 0 aliphatic rings. The molecule has 106 valence electrons. The van der Waals surface area contributed by atoms with Crippen LogP contribution in [0.3, 0.4) is 0 Å². The summed E-state index contributed by atoms with van der Waals surface area (Å²) in [5, 5.41) is 1.57. The highest BCUT2D eigenvalue weighted by atomic mass is 32.1. The summed E-state index contributed by atoms with van der Waals surface area (Å²) in [7, 11) is 0. The van der Waals surface area contributed by atoms with Crippen LogP contribution in [0, 0.1) is 0 Å². The highest BCUT2D eigenvalue weighted by molar-refractivity contribution is 7.17. The Balaban J connectivity index is 2.21. The molecule has 0 spiro atoms. The van der Waals surface area contributed by atoms with Crippen molar-refractivity contribution in [3.05, 3.63) is 53.1 Å². The Kier molecular flexibility index (Phi) is 3.17. The van der Waals surface area contributed by atoms with Gasteiger partial charge in [-0.05, 0) is 23.6 Å². The van der Waals surface area contributed by atoms with E-state index < -0.39 is 17.8 Å². The number of aromatic nitrogens is 3. The van der Waals surface area contributed by atoms with Crippen molar-refractivity contribution in [1.29, 1.82) is 0 Å². The van der Waals surface area contributed by atoms with Gasteiger partial charge in [-0.2, -0.15) is 13.2 Å². The first kappa shape index (κ1) is 13.6. The number of nitrogens with zero attached hydrogens (tertiary/aromatic N) is 3. The van der Waals surface area contributed by atoms with Crippen molar-refractivity contribution in [3.63, 3.8) is 0 Å². The van der Waals surface area contributed by atoms with Crippen molar-refractivity contribution in [2.45, 2.75) is 6.18 Å². The van der Waals surface area contributed by atoms with Gasteiger partial charge in [0.15, 0.2) is 0 Å². The second-order valence-corrected chi connectivity index (χ2v) is 5.01. The number of hydrogen-bond acceptors (Lipinski definition) is 5. The van der Waals surface area contributed by atoms with E-state index in [0.717, 1.165) is 11.3 Å². The minimum absolute atomic E-state index is 0.111. The quantitative estimate of drug-likeness (QED) is 0.681. The van der Waals surface area contributed by atoms with Crippen molar-refractivity contribution in [3.8, 4) is 0 Å². The van der Waals surface area contributed by atoms with Crippen molar-refractivity contribution in [2.75, 3.05) is 0 Å². The van der Waals surface area contributed by atoms with Crippen LogP contribution in [0.5, 0.6) is 0 Å². The second kappa shape index (κ2) is 4.88. The topological polar surface area (TPSA) is 55.7 Å². The van der Waals surface area contributed by atoms with Crippen molar-refractivity contribution < 1.29 is 18.0 Å². The molecule has 0 radical (unpaired) electrons. The van der Waals surface area contributed by atoms with Crippen LogP contribution in [0.2, 0.25) is 0 Å². The number of ketones is 1. The Bertz CT molecular complexity index is 814. The number of fused-ring (bicyclic) bond motifs is 1. The van der Waals surface area contributed by atoms with Crippen LogP contribution in [0.1, 0.15) is 21.9 Å². The van der Waals surface area contributed by atoms with Crippen molar-refractivity contribution >= 4 is 27.3 Å². The van der Waals surface area contributed by atoms with E-state index >= 15 is 0 Å². The van der Waals surface area contributed by atoms with Gasteiger partial charge in [-0.1, -0.05) is 0 Å². The van der Waals surface area contributed by atoms with Gasteiger partial charge in [-0.25, -0.2) is 9.97 Å². The Morgan fingerprint density at radius 3 is 2.48 bits per heavy atom. The highest BCUT2D eigenvalue weighted by Crippen LogP contribution is 2.31. The molecule has 3 rings (SSSR count). The zero-order valence-corrected chi connectivity index (χ0v) is 11.1. The summed E-state index contributed by atoms with van der Waals surface area (Å²) >= 11 is 1.13. The first-order valence-electron chi connectivity index (χ1n) is 5.74. The third-order valence-electron chi connectivity index (χ3n) is 2.71. The minimum atomic E-state index is -4.70. The van der Waals surface area contributed by atoms with Crippen LogP contribution in [-0.4, -0.2) is 20.7 Å². The molecule has 0 amide bonds. The molecule has 0 aliphatic carbocycles. The highest BCUT2D eigenvalue weighted by Gasteiger charge is 2.36. The summed E-state index contributed by atoms with van der Waals surface area (Å²) in [5.41, 5.74) is 0.0970. The summed E-state index contributed by atoms with van der Waals surface area (Å²) in [5.74, 6) is -1.90. The molecular weight excluding hydrogens is 303 g/mol. The fraction of sp³-hybridized carbons (Fsp3) is 0.0769. The van der Waals surface area contributed by atoms with Gasteiger partial charge in [0.25, 0.3) is 0 Å². The molecular formula is C13H6F3N3OS. The zero-order valence-electron chi connectivity index (χ0n) is 10.3. The number of carbonyl (C=O) groups excluding carboxylic acids is 1. The van der Waals surface area contributed by atoms with E-state index in [2.05, 4.69) is 15.0 Å². The molecule has 0 N–H and O–H groups in total. The molecule has 0 aromatic carbocycles. The maximum Gasteiger partial charge on any atom is 0.451 e. The molecule has 21 heavy (non-hydrogen) atoms. The van der Waals surface area contributed by atoms with Gasteiger partial charge in [0, 0.05) is 18.0 Å². The van der Waals surface area contributed by atoms with Gasteiger partial charge in [0.05, 0.1) is 10.2 Å². The van der Waals surface area contributed by atoms with Gasteiger partial charge in [-0.3, -0.25) is 9.78 Å². The van der Waals surface area contributed by atoms with Gasteiger partial charge < -0.3 is 0 Å². The van der Waals surface area contributed by atoms with E-state index in [-0.39, 0.29) is 16.8 Å². The fourth-order valence-electron chi connectivity index (χ4n) is 1.78. The largest absolute Gasteiger partial charge is 0.451 e. The summed E-state index contributed by atoms with van der Waals surface area (Å²) in [4.78, 5) is 23.0. The molecule has 0 atom stereocenters. The number of carbonyl (C=O) groups is 1. The first-order chi connectivity index (χ1) is 9.97. The number of halogens is 3. The number of pyridine rings is 1. The van der Waals surface area contributed by atoms with Crippen LogP contribution < -0.4 is 0 Å². The van der Waals surface area contributed by atoms with E-state index in [9.17, 15) is 18.0 Å². The number of rotatable bonds is 2. The molecule has 0 aliphatic heterocycles. The molecule has 8 heteroatoms. The third-order valence-corrected chi connectivity index (χ3v) is 3.63. The van der Waals surface area contributed by atoms with Gasteiger partial charge >= 0.3 is 6.18 Å². The van der Waals surface area contributed by atoms with Crippen LogP contribution in [-0.2, 0) is 6.18 Å². The number of alkyl halides is 3. The Labute approximate surface area is 120 Å². The predicted octanol–water partition coefficient (Wildman–Crippen LogP) is 3.34. The number of hydrogen-bond donors (Lipinski definition) is 0. The smallest absolute Gasteiger partial charge is 0.287 e. The summed E-state index contributed by atoms with van der Waals surface area (Å²) in [6, 6.07) is 4.29. The molecule has 0 fully saturated rings. The molecule has 3 heterocycles. The van der Waals surface area contributed by atoms with Gasteiger partial charge in [0.2, 0.25) is 11.6 Å². The van der Waals surface area contributed by atoms with Gasteiger partial charge in [0.1, 0.15) is 5.69 Å². The Morgan fingerprint density at radius 1 is 1.10 bits per heavy atom.